The fourth-order valence-corrected chi connectivity index (χ4v) is 5.94. The molecule has 2 nitrogen and oxygen atoms in total. The first-order valence-electron chi connectivity index (χ1n) is 12.0. The molecule has 0 spiro atoms. The van der Waals surface area contributed by atoms with Crippen molar-refractivity contribution >= 4 is 32.7 Å². The van der Waals surface area contributed by atoms with Crippen LogP contribution in [0.25, 0.3) is 71.8 Å². The number of aromatic nitrogens is 2. The Bertz CT molecular complexity index is 1940. The van der Waals surface area contributed by atoms with Crippen LogP contribution in [0.3, 0.4) is 0 Å². The van der Waals surface area contributed by atoms with E-state index in [-0.39, 0.29) is 0 Å². The fraction of sp³-hybridized carbons (Fsp3) is 0. The summed E-state index contributed by atoms with van der Waals surface area (Å²) in [6, 6.07) is 41.6. The minimum atomic E-state index is 1.06. The van der Waals surface area contributed by atoms with Crippen LogP contribution in [0.4, 0.5) is 0 Å². The van der Waals surface area contributed by atoms with Crippen molar-refractivity contribution in [2.75, 3.05) is 0 Å². The lowest BCUT2D eigenvalue weighted by Gasteiger charge is -2.12. The van der Waals surface area contributed by atoms with Crippen LogP contribution in [0.15, 0.2) is 121 Å². The van der Waals surface area contributed by atoms with Crippen LogP contribution in [0.2, 0.25) is 0 Å². The maximum Gasteiger partial charge on any atom is 0.0714 e. The molecule has 7 aromatic rings. The van der Waals surface area contributed by atoms with Crippen LogP contribution < -0.4 is 0 Å². The van der Waals surface area contributed by atoms with Crippen molar-refractivity contribution in [3.63, 3.8) is 0 Å². The zero-order valence-electron chi connectivity index (χ0n) is 18.9. The third-order valence-electron chi connectivity index (χ3n) is 7.39. The van der Waals surface area contributed by atoms with Gasteiger partial charge in [-0.1, -0.05) is 72.8 Å². The summed E-state index contributed by atoms with van der Waals surface area (Å²) in [7, 11) is 0. The van der Waals surface area contributed by atoms with Crippen molar-refractivity contribution in [1.29, 1.82) is 0 Å². The zero-order valence-corrected chi connectivity index (χ0v) is 18.9. The Morgan fingerprint density at radius 3 is 2.23 bits per heavy atom. The van der Waals surface area contributed by atoms with E-state index >= 15 is 0 Å². The molecule has 2 heteroatoms. The molecule has 0 aliphatic heterocycles. The Balaban J connectivity index is 1.42. The van der Waals surface area contributed by atoms with E-state index in [9.17, 15) is 0 Å². The van der Waals surface area contributed by atoms with Gasteiger partial charge in [0.25, 0.3) is 0 Å². The summed E-state index contributed by atoms with van der Waals surface area (Å²) in [5.41, 5.74) is 12.4. The van der Waals surface area contributed by atoms with Crippen LogP contribution in [-0.2, 0) is 0 Å². The van der Waals surface area contributed by atoms with E-state index in [4.69, 9.17) is 0 Å². The van der Waals surface area contributed by atoms with Gasteiger partial charge in [-0.15, -0.1) is 0 Å². The molecule has 162 valence electrons. The molecule has 0 saturated carbocycles. The smallest absolute Gasteiger partial charge is 0.0714 e. The molecule has 0 fully saturated rings. The summed E-state index contributed by atoms with van der Waals surface area (Å²) in [6.07, 6.45) is 1.93. The third-order valence-corrected chi connectivity index (χ3v) is 7.39. The van der Waals surface area contributed by atoms with Crippen molar-refractivity contribution < 1.29 is 0 Å². The molecule has 0 amide bonds. The number of benzene rings is 5. The average molecular weight is 445 g/mol. The van der Waals surface area contributed by atoms with Gasteiger partial charge in [-0.25, -0.2) is 0 Å². The zero-order chi connectivity index (χ0) is 22.9. The van der Waals surface area contributed by atoms with Gasteiger partial charge < -0.3 is 4.57 Å². The van der Waals surface area contributed by atoms with Gasteiger partial charge in [-0.3, -0.25) is 4.98 Å². The highest BCUT2D eigenvalue weighted by Gasteiger charge is 2.24. The molecule has 35 heavy (non-hydrogen) atoms. The van der Waals surface area contributed by atoms with Crippen molar-refractivity contribution in [1.82, 2.24) is 9.55 Å². The second kappa shape index (κ2) is 6.91. The van der Waals surface area contributed by atoms with E-state index in [1.165, 1.54) is 66.3 Å². The Hall–Kier alpha value is -4.69. The predicted molar refractivity (Wildman–Crippen MR) is 146 cm³/mol. The van der Waals surface area contributed by atoms with Gasteiger partial charge in [0.15, 0.2) is 0 Å². The molecule has 8 rings (SSSR count). The highest BCUT2D eigenvalue weighted by Crippen LogP contribution is 2.50. The van der Waals surface area contributed by atoms with Gasteiger partial charge in [0.05, 0.1) is 16.6 Å². The van der Waals surface area contributed by atoms with Crippen molar-refractivity contribution in [2.24, 2.45) is 0 Å². The molecule has 0 bridgehead atoms. The van der Waals surface area contributed by atoms with E-state index in [1.54, 1.807) is 0 Å². The molecule has 0 radical (unpaired) electrons. The van der Waals surface area contributed by atoms with Crippen molar-refractivity contribution in [3.8, 4) is 39.1 Å². The second-order valence-electron chi connectivity index (χ2n) is 9.21. The Labute approximate surface area is 202 Å². The quantitative estimate of drug-likeness (QED) is 0.261. The molecule has 2 aromatic heterocycles. The fourth-order valence-electron chi connectivity index (χ4n) is 5.94. The van der Waals surface area contributed by atoms with E-state index in [0.717, 1.165) is 5.52 Å². The van der Waals surface area contributed by atoms with Crippen LogP contribution in [0.1, 0.15) is 0 Å². The summed E-state index contributed by atoms with van der Waals surface area (Å²) in [4.78, 5) is 4.63. The summed E-state index contributed by atoms with van der Waals surface area (Å²) in [5.74, 6) is 0. The Morgan fingerprint density at radius 1 is 0.514 bits per heavy atom. The van der Waals surface area contributed by atoms with Crippen LogP contribution >= 0.6 is 0 Å². The molecule has 1 aliphatic carbocycles. The first kappa shape index (κ1) is 18.7. The topological polar surface area (TPSA) is 17.8 Å². The van der Waals surface area contributed by atoms with Crippen LogP contribution in [0.5, 0.6) is 0 Å². The van der Waals surface area contributed by atoms with Gasteiger partial charge in [-0.05, 0) is 75.8 Å². The maximum atomic E-state index is 4.63. The summed E-state index contributed by atoms with van der Waals surface area (Å²) < 4.78 is 2.37. The number of fused-ring (bicyclic) bond motifs is 6. The summed E-state index contributed by atoms with van der Waals surface area (Å²) in [6.45, 7) is 0. The highest BCUT2D eigenvalue weighted by atomic mass is 15.0. The number of hydrogen-bond donors (Lipinski definition) is 0. The second-order valence-corrected chi connectivity index (χ2v) is 9.21. The number of hydrogen-bond acceptors (Lipinski definition) is 1. The van der Waals surface area contributed by atoms with Gasteiger partial charge in [0.1, 0.15) is 0 Å². The SMILES string of the molecule is c1ccc(-n2c3ccccc3c3cc(-c4cccc5c4-c4ccnc6cccc-5c46)ccc32)cc1. The molecule has 1 aliphatic rings. The van der Waals surface area contributed by atoms with Gasteiger partial charge in [0.2, 0.25) is 0 Å². The van der Waals surface area contributed by atoms with Crippen LogP contribution in [0, 0.1) is 0 Å². The van der Waals surface area contributed by atoms with Gasteiger partial charge in [0, 0.05) is 28.0 Å². The van der Waals surface area contributed by atoms with Crippen molar-refractivity contribution in [2.45, 2.75) is 0 Å². The lowest BCUT2D eigenvalue weighted by Crippen LogP contribution is -1.93. The third kappa shape index (κ3) is 2.51. The average Bonchev–Trinajstić information content (AvgIpc) is 3.44. The largest absolute Gasteiger partial charge is 0.309 e. The van der Waals surface area contributed by atoms with Gasteiger partial charge >= 0.3 is 0 Å². The van der Waals surface area contributed by atoms with E-state index in [0.29, 0.717) is 0 Å². The molecule has 5 aromatic carbocycles. The summed E-state index contributed by atoms with van der Waals surface area (Å²) in [5, 5.41) is 3.81. The lowest BCUT2D eigenvalue weighted by atomic mass is 9.93. The minimum absolute atomic E-state index is 1.06. The van der Waals surface area contributed by atoms with Gasteiger partial charge in [-0.2, -0.15) is 0 Å². The molecule has 0 N–H and O–H groups in total. The molecular weight excluding hydrogens is 424 g/mol. The normalized spacial score (nSPS) is 12.0. The first-order valence-corrected chi connectivity index (χ1v) is 12.0. The molecule has 0 unspecified atom stereocenters. The van der Waals surface area contributed by atoms with Crippen molar-refractivity contribution in [3.05, 3.63) is 121 Å². The summed E-state index contributed by atoms with van der Waals surface area (Å²) >= 11 is 0. The number of pyridine rings is 1. The minimum Gasteiger partial charge on any atom is -0.309 e. The number of rotatable bonds is 2. The molecule has 0 atom stereocenters. The monoisotopic (exact) mass is 444 g/mol. The van der Waals surface area contributed by atoms with E-state index in [2.05, 4.69) is 125 Å². The first-order chi connectivity index (χ1) is 17.4. The molecule has 0 saturated heterocycles. The standard InChI is InChI=1S/C33H20N2/c1-2-8-22(9-3-1)35-30-15-5-4-10-24(30)28-20-21(16-17-31(28)35)23-11-6-12-25-26-13-7-14-29-33(26)27(32(23)25)18-19-34-29/h1-20H. The Kier molecular flexibility index (Phi) is 3.69. The highest BCUT2D eigenvalue weighted by molar-refractivity contribution is 6.18. The van der Waals surface area contributed by atoms with E-state index in [1.807, 2.05) is 6.20 Å². The Morgan fingerprint density at radius 2 is 1.29 bits per heavy atom. The maximum absolute atomic E-state index is 4.63. The number of nitrogens with zero attached hydrogens (tertiary/aromatic N) is 2. The lowest BCUT2D eigenvalue weighted by molar-refractivity contribution is 1.18. The predicted octanol–water partition coefficient (Wildman–Crippen LogP) is 8.65. The molecule has 2 heterocycles. The molecular formula is C33H20N2. The number of para-hydroxylation sites is 2. The van der Waals surface area contributed by atoms with E-state index < -0.39 is 0 Å². The van der Waals surface area contributed by atoms with Crippen LogP contribution in [-0.4, -0.2) is 9.55 Å².